The van der Waals surface area contributed by atoms with Crippen LogP contribution in [-0.2, 0) is 10.0 Å². The first kappa shape index (κ1) is 14.7. The summed E-state index contributed by atoms with van der Waals surface area (Å²) in [6.45, 7) is 0.441. The van der Waals surface area contributed by atoms with Gasteiger partial charge in [0.25, 0.3) is 0 Å². The average molecular weight is 319 g/mol. The molecule has 2 rings (SSSR count). The van der Waals surface area contributed by atoms with Crippen molar-refractivity contribution in [1.82, 2.24) is 4.31 Å². The van der Waals surface area contributed by atoms with Crippen molar-refractivity contribution in [2.45, 2.75) is 30.2 Å². The van der Waals surface area contributed by atoms with E-state index < -0.39 is 16.1 Å². The van der Waals surface area contributed by atoms with Gasteiger partial charge in [0.1, 0.15) is 0 Å². The fourth-order valence-electron chi connectivity index (χ4n) is 2.24. The number of halogens is 1. The van der Waals surface area contributed by atoms with E-state index in [1.807, 2.05) is 0 Å². The van der Waals surface area contributed by atoms with Gasteiger partial charge in [0.05, 0.1) is 15.9 Å². The normalized spacial score (nSPS) is 21.2. The standard InChI is InChI=1S/C12H15ClN2O2S2/c13-9-4-3-5-10(8-9)19(16,17)15-7-2-1-6-11(15)12(14)18/h3-5,8,11H,1-2,6-7H2,(H2,14,18). The molecule has 1 aromatic carbocycles. The van der Waals surface area contributed by atoms with Crippen LogP contribution >= 0.6 is 23.8 Å². The minimum atomic E-state index is -3.60. The Balaban J connectivity index is 2.40. The molecule has 7 heteroatoms. The molecule has 4 nitrogen and oxygen atoms in total. The largest absolute Gasteiger partial charge is 0.392 e. The molecule has 1 aliphatic rings. The summed E-state index contributed by atoms with van der Waals surface area (Å²) in [5, 5.41) is 0.393. The third-order valence-corrected chi connectivity index (χ3v) is 5.60. The van der Waals surface area contributed by atoms with Crippen LogP contribution in [0.4, 0.5) is 0 Å². The molecule has 1 aliphatic heterocycles. The van der Waals surface area contributed by atoms with E-state index in [4.69, 9.17) is 29.6 Å². The fraction of sp³-hybridized carbons (Fsp3) is 0.417. The Bertz CT molecular complexity index is 589. The maximum Gasteiger partial charge on any atom is 0.243 e. The molecule has 1 aromatic rings. The highest BCUT2D eigenvalue weighted by Crippen LogP contribution is 2.26. The van der Waals surface area contributed by atoms with Gasteiger partial charge in [0.2, 0.25) is 10.0 Å². The smallest absolute Gasteiger partial charge is 0.243 e. The number of hydrogen-bond donors (Lipinski definition) is 1. The Kier molecular flexibility index (Phi) is 4.45. The maximum atomic E-state index is 12.6. The van der Waals surface area contributed by atoms with E-state index in [-0.39, 0.29) is 9.88 Å². The van der Waals surface area contributed by atoms with Gasteiger partial charge >= 0.3 is 0 Å². The van der Waals surface area contributed by atoms with Crippen molar-refractivity contribution >= 4 is 38.8 Å². The molecular formula is C12H15ClN2O2S2. The maximum absolute atomic E-state index is 12.6. The molecule has 2 N–H and O–H groups in total. The van der Waals surface area contributed by atoms with E-state index in [1.54, 1.807) is 12.1 Å². The van der Waals surface area contributed by atoms with Gasteiger partial charge in [-0.15, -0.1) is 0 Å². The minimum absolute atomic E-state index is 0.183. The summed E-state index contributed by atoms with van der Waals surface area (Å²) in [4.78, 5) is 0.411. The van der Waals surface area contributed by atoms with Gasteiger partial charge in [-0.25, -0.2) is 8.42 Å². The van der Waals surface area contributed by atoms with Crippen LogP contribution in [0.1, 0.15) is 19.3 Å². The first-order valence-corrected chi connectivity index (χ1v) is 8.22. The molecule has 0 radical (unpaired) electrons. The summed E-state index contributed by atoms with van der Waals surface area (Å²) >= 11 is 10.8. The summed E-state index contributed by atoms with van der Waals surface area (Å²) in [7, 11) is -3.60. The average Bonchev–Trinajstić information content (AvgIpc) is 2.38. The number of rotatable bonds is 3. The number of piperidine rings is 1. The Hall–Kier alpha value is -0.690. The molecule has 0 bridgehead atoms. The van der Waals surface area contributed by atoms with Crippen molar-refractivity contribution in [3.05, 3.63) is 29.3 Å². The molecule has 0 amide bonds. The topological polar surface area (TPSA) is 63.4 Å². The highest BCUT2D eigenvalue weighted by atomic mass is 35.5. The second-order valence-electron chi connectivity index (χ2n) is 4.49. The van der Waals surface area contributed by atoms with Crippen molar-refractivity contribution < 1.29 is 8.42 Å². The Morgan fingerprint density at radius 2 is 2.16 bits per heavy atom. The van der Waals surface area contributed by atoms with E-state index in [1.165, 1.54) is 16.4 Å². The zero-order valence-electron chi connectivity index (χ0n) is 10.3. The lowest BCUT2D eigenvalue weighted by Crippen LogP contribution is -2.49. The first-order chi connectivity index (χ1) is 8.93. The molecular weight excluding hydrogens is 304 g/mol. The van der Waals surface area contributed by atoms with Crippen LogP contribution in [0.3, 0.4) is 0 Å². The molecule has 1 atom stereocenters. The third kappa shape index (κ3) is 3.08. The van der Waals surface area contributed by atoms with Gasteiger partial charge in [-0.2, -0.15) is 4.31 Å². The predicted molar refractivity (Wildman–Crippen MR) is 79.8 cm³/mol. The highest BCUT2D eigenvalue weighted by Gasteiger charge is 2.34. The summed E-state index contributed by atoms with van der Waals surface area (Å²) in [5.41, 5.74) is 5.66. The SMILES string of the molecule is NC(=S)C1CCCCN1S(=O)(=O)c1cccc(Cl)c1. The van der Waals surface area contributed by atoms with Crippen LogP contribution in [0.2, 0.25) is 5.02 Å². The number of nitrogens with two attached hydrogens (primary N) is 1. The molecule has 0 aliphatic carbocycles. The quantitative estimate of drug-likeness (QED) is 0.868. The van der Waals surface area contributed by atoms with Crippen molar-refractivity contribution in [1.29, 1.82) is 0 Å². The molecule has 1 saturated heterocycles. The van der Waals surface area contributed by atoms with Gasteiger partial charge in [-0.05, 0) is 31.0 Å². The minimum Gasteiger partial charge on any atom is -0.392 e. The number of benzene rings is 1. The van der Waals surface area contributed by atoms with Crippen molar-refractivity contribution in [2.75, 3.05) is 6.54 Å². The number of hydrogen-bond acceptors (Lipinski definition) is 3. The molecule has 1 fully saturated rings. The van der Waals surface area contributed by atoms with Crippen LogP contribution in [-0.4, -0.2) is 30.3 Å². The van der Waals surface area contributed by atoms with Crippen LogP contribution in [0, 0.1) is 0 Å². The number of nitrogens with zero attached hydrogens (tertiary/aromatic N) is 1. The van der Waals surface area contributed by atoms with E-state index >= 15 is 0 Å². The molecule has 0 saturated carbocycles. The van der Waals surface area contributed by atoms with Gasteiger partial charge in [-0.3, -0.25) is 0 Å². The van der Waals surface area contributed by atoms with Crippen LogP contribution < -0.4 is 5.73 Å². The van der Waals surface area contributed by atoms with E-state index in [9.17, 15) is 8.42 Å². The van der Waals surface area contributed by atoms with Crippen molar-refractivity contribution in [3.63, 3.8) is 0 Å². The second-order valence-corrected chi connectivity index (χ2v) is 7.29. The Labute approximate surface area is 123 Å². The second kappa shape index (κ2) is 5.75. The number of thiocarbonyl (C=S) groups is 1. The monoisotopic (exact) mass is 318 g/mol. The molecule has 0 spiro atoms. The summed E-state index contributed by atoms with van der Waals surface area (Å²) in [5.74, 6) is 0. The van der Waals surface area contributed by atoms with Gasteiger partial charge in [-0.1, -0.05) is 36.3 Å². The lowest BCUT2D eigenvalue weighted by atomic mass is 10.1. The molecule has 19 heavy (non-hydrogen) atoms. The van der Waals surface area contributed by atoms with E-state index in [2.05, 4.69) is 0 Å². The molecule has 1 unspecified atom stereocenters. The van der Waals surface area contributed by atoms with Crippen LogP contribution in [0.15, 0.2) is 29.2 Å². The predicted octanol–water partition coefficient (Wildman–Crippen LogP) is 2.17. The molecule has 1 heterocycles. The van der Waals surface area contributed by atoms with E-state index in [0.717, 1.165) is 12.8 Å². The van der Waals surface area contributed by atoms with Gasteiger partial charge in [0.15, 0.2) is 0 Å². The van der Waals surface area contributed by atoms with Crippen LogP contribution in [0.25, 0.3) is 0 Å². The molecule has 104 valence electrons. The highest BCUT2D eigenvalue weighted by molar-refractivity contribution is 7.89. The lowest BCUT2D eigenvalue weighted by molar-refractivity contribution is 0.306. The molecule has 0 aromatic heterocycles. The Morgan fingerprint density at radius 3 is 2.79 bits per heavy atom. The van der Waals surface area contributed by atoms with E-state index in [0.29, 0.717) is 18.0 Å². The Morgan fingerprint density at radius 1 is 1.42 bits per heavy atom. The first-order valence-electron chi connectivity index (χ1n) is 5.99. The number of sulfonamides is 1. The zero-order chi connectivity index (χ0) is 14.0. The summed E-state index contributed by atoms with van der Waals surface area (Å²) < 4.78 is 26.6. The lowest BCUT2D eigenvalue weighted by Gasteiger charge is -2.33. The van der Waals surface area contributed by atoms with Crippen molar-refractivity contribution in [2.24, 2.45) is 5.73 Å². The van der Waals surface area contributed by atoms with Crippen LogP contribution in [0.5, 0.6) is 0 Å². The summed E-state index contributed by atoms with van der Waals surface area (Å²) in [6, 6.07) is 5.85. The van der Waals surface area contributed by atoms with Gasteiger partial charge < -0.3 is 5.73 Å². The zero-order valence-corrected chi connectivity index (χ0v) is 12.6. The fourth-order valence-corrected chi connectivity index (χ4v) is 4.53. The third-order valence-electron chi connectivity index (χ3n) is 3.18. The van der Waals surface area contributed by atoms with Gasteiger partial charge in [0, 0.05) is 11.6 Å². The summed E-state index contributed by atoms with van der Waals surface area (Å²) in [6.07, 6.45) is 2.43. The van der Waals surface area contributed by atoms with Crippen molar-refractivity contribution in [3.8, 4) is 0 Å².